The Balaban J connectivity index is 1.82. The van der Waals surface area contributed by atoms with Gasteiger partial charge in [0.2, 0.25) is 15.9 Å². The molecular formula is C19H24N2O3S. The van der Waals surface area contributed by atoms with E-state index >= 15 is 0 Å². The summed E-state index contributed by atoms with van der Waals surface area (Å²) in [5.41, 5.74) is 1.27. The Morgan fingerprint density at radius 1 is 0.960 bits per heavy atom. The number of carbonyl (C=O) groups excluding carboxylic acids is 1. The predicted octanol–water partition coefficient (Wildman–Crippen LogP) is 2.91. The standard InChI is InChI=1S/C19H24N2O3S/c1-19(2,16-9-5-3-6-10-16)15-18(22)20-13-14-25(23,24)21-17-11-7-4-8-12-17/h3-12,21H,13-15H2,1-2H3,(H,20,22). The van der Waals surface area contributed by atoms with E-state index in [9.17, 15) is 13.2 Å². The highest BCUT2D eigenvalue weighted by Gasteiger charge is 2.24. The third-order valence-electron chi connectivity index (χ3n) is 3.90. The number of hydrogen-bond acceptors (Lipinski definition) is 3. The summed E-state index contributed by atoms with van der Waals surface area (Å²) in [4.78, 5) is 12.1. The Morgan fingerprint density at radius 2 is 1.52 bits per heavy atom. The molecule has 6 heteroatoms. The molecule has 2 aromatic rings. The highest BCUT2D eigenvalue weighted by atomic mass is 32.2. The van der Waals surface area contributed by atoms with E-state index in [2.05, 4.69) is 10.0 Å². The average molecular weight is 360 g/mol. The Kier molecular flexibility index (Phi) is 6.20. The maximum atomic E-state index is 12.1. The summed E-state index contributed by atoms with van der Waals surface area (Å²) < 4.78 is 26.5. The molecule has 2 aromatic carbocycles. The van der Waals surface area contributed by atoms with Crippen LogP contribution in [0.5, 0.6) is 0 Å². The van der Waals surface area contributed by atoms with Gasteiger partial charge in [-0.15, -0.1) is 0 Å². The van der Waals surface area contributed by atoms with Gasteiger partial charge in [0.1, 0.15) is 0 Å². The van der Waals surface area contributed by atoms with Gasteiger partial charge in [-0.05, 0) is 23.1 Å². The lowest BCUT2D eigenvalue weighted by molar-refractivity contribution is -0.122. The zero-order chi connectivity index (χ0) is 18.3. The number of anilines is 1. The molecule has 0 saturated carbocycles. The van der Waals surface area contributed by atoms with Gasteiger partial charge >= 0.3 is 0 Å². The van der Waals surface area contributed by atoms with Crippen LogP contribution in [0.4, 0.5) is 5.69 Å². The minimum absolute atomic E-state index is 0.0753. The first kappa shape index (κ1) is 19.0. The third-order valence-corrected chi connectivity index (χ3v) is 5.19. The van der Waals surface area contributed by atoms with E-state index in [1.165, 1.54) is 0 Å². The number of hydrogen-bond donors (Lipinski definition) is 2. The molecule has 0 aliphatic rings. The van der Waals surface area contributed by atoms with Crippen molar-refractivity contribution >= 4 is 21.6 Å². The lowest BCUT2D eigenvalue weighted by atomic mass is 9.81. The molecule has 0 spiro atoms. The quantitative estimate of drug-likeness (QED) is 0.760. The minimum atomic E-state index is -3.49. The maximum Gasteiger partial charge on any atom is 0.234 e. The average Bonchev–Trinajstić information content (AvgIpc) is 2.55. The van der Waals surface area contributed by atoms with Crippen LogP contribution in [-0.2, 0) is 20.2 Å². The summed E-state index contributed by atoms with van der Waals surface area (Å²) >= 11 is 0. The number of nitrogens with one attached hydrogen (secondary N) is 2. The first-order valence-corrected chi connectivity index (χ1v) is 9.81. The van der Waals surface area contributed by atoms with Gasteiger partial charge in [-0.3, -0.25) is 9.52 Å². The molecule has 0 aliphatic heterocycles. The smallest absolute Gasteiger partial charge is 0.234 e. The molecule has 0 bridgehead atoms. The van der Waals surface area contributed by atoms with Crippen molar-refractivity contribution in [3.8, 4) is 0 Å². The van der Waals surface area contributed by atoms with Crippen LogP contribution in [0.15, 0.2) is 60.7 Å². The van der Waals surface area contributed by atoms with Crippen LogP contribution in [0.1, 0.15) is 25.8 Å². The molecule has 0 heterocycles. The number of carbonyl (C=O) groups is 1. The Bertz CT molecular complexity index is 788. The molecular weight excluding hydrogens is 336 g/mol. The van der Waals surface area contributed by atoms with E-state index in [1.807, 2.05) is 50.2 Å². The molecule has 0 radical (unpaired) electrons. The Hall–Kier alpha value is -2.34. The van der Waals surface area contributed by atoms with Crippen molar-refractivity contribution in [2.24, 2.45) is 0 Å². The second kappa shape index (κ2) is 8.16. The molecule has 1 amide bonds. The maximum absolute atomic E-state index is 12.1. The van der Waals surface area contributed by atoms with E-state index in [4.69, 9.17) is 0 Å². The summed E-state index contributed by atoms with van der Waals surface area (Å²) in [5.74, 6) is -0.330. The van der Waals surface area contributed by atoms with Crippen molar-refractivity contribution in [1.29, 1.82) is 0 Å². The van der Waals surface area contributed by atoms with Gasteiger partial charge in [0.05, 0.1) is 5.75 Å². The van der Waals surface area contributed by atoms with Crippen LogP contribution in [0, 0.1) is 0 Å². The molecule has 0 saturated heterocycles. The van der Waals surface area contributed by atoms with Crippen molar-refractivity contribution in [1.82, 2.24) is 5.32 Å². The summed E-state index contributed by atoms with van der Waals surface area (Å²) in [7, 11) is -3.49. The monoisotopic (exact) mass is 360 g/mol. The summed E-state index contributed by atoms with van der Waals surface area (Å²) in [5, 5.41) is 2.69. The van der Waals surface area contributed by atoms with Gasteiger partial charge in [0, 0.05) is 18.7 Å². The normalized spacial score (nSPS) is 11.8. The third kappa shape index (κ3) is 6.23. The van der Waals surface area contributed by atoms with E-state index in [1.54, 1.807) is 24.3 Å². The van der Waals surface area contributed by atoms with Crippen LogP contribution in [-0.4, -0.2) is 26.6 Å². The number of rotatable bonds is 8. The first-order valence-electron chi connectivity index (χ1n) is 8.16. The highest BCUT2D eigenvalue weighted by molar-refractivity contribution is 7.92. The second-order valence-corrected chi connectivity index (χ2v) is 8.41. The minimum Gasteiger partial charge on any atom is -0.355 e. The summed E-state index contributed by atoms with van der Waals surface area (Å²) in [6.07, 6.45) is 0.295. The lowest BCUT2D eigenvalue weighted by Gasteiger charge is -2.24. The second-order valence-electron chi connectivity index (χ2n) is 6.56. The largest absolute Gasteiger partial charge is 0.355 e. The molecule has 0 atom stereocenters. The van der Waals surface area contributed by atoms with Gasteiger partial charge in [-0.2, -0.15) is 0 Å². The molecule has 0 aromatic heterocycles. The van der Waals surface area contributed by atoms with Gasteiger partial charge in [-0.25, -0.2) is 8.42 Å². The summed E-state index contributed by atoms with van der Waals surface area (Å²) in [6.45, 7) is 4.07. The van der Waals surface area contributed by atoms with Gasteiger partial charge in [0.15, 0.2) is 0 Å². The number of amides is 1. The van der Waals surface area contributed by atoms with E-state index in [0.29, 0.717) is 12.1 Å². The zero-order valence-corrected chi connectivity index (χ0v) is 15.3. The van der Waals surface area contributed by atoms with Crippen molar-refractivity contribution in [2.45, 2.75) is 25.7 Å². The number of sulfonamides is 1. The fraction of sp³-hybridized carbons (Fsp3) is 0.316. The van der Waals surface area contributed by atoms with E-state index in [-0.39, 0.29) is 23.6 Å². The van der Waals surface area contributed by atoms with Crippen LogP contribution >= 0.6 is 0 Å². The fourth-order valence-corrected chi connectivity index (χ4v) is 3.48. The molecule has 2 N–H and O–H groups in total. The SMILES string of the molecule is CC(C)(CC(=O)NCCS(=O)(=O)Nc1ccccc1)c1ccccc1. The highest BCUT2D eigenvalue weighted by Crippen LogP contribution is 2.26. The van der Waals surface area contributed by atoms with Crippen LogP contribution < -0.4 is 10.0 Å². The van der Waals surface area contributed by atoms with E-state index < -0.39 is 10.0 Å². The molecule has 134 valence electrons. The first-order chi connectivity index (χ1) is 11.8. The Labute approximate surface area is 149 Å². The molecule has 0 unspecified atom stereocenters. The fourth-order valence-electron chi connectivity index (χ4n) is 2.52. The molecule has 25 heavy (non-hydrogen) atoms. The lowest BCUT2D eigenvalue weighted by Crippen LogP contribution is -2.34. The van der Waals surface area contributed by atoms with Gasteiger partial charge in [-0.1, -0.05) is 62.4 Å². The van der Waals surface area contributed by atoms with Crippen molar-refractivity contribution in [2.75, 3.05) is 17.0 Å². The Morgan fingerprint density at radius 3 is 2.12 bits per heavy atom. The number of para-hydroxylation sites is 1. The molecule has 2 rings (SSSR count). The van der Waals surface area contributed by atoms with E-state index in [0.717, 1.165) is 5.56 Å². The van der Waals surface area contributed by atoms with Gasteiger partial charge in [0.25, 0.3) is 0 Å². The molecule has 0 fully saturated rings. The van der Waals surface area contributed by atoms with Crippen molar-refractivity contribution in [3.63, 3.8) is 0 Å². The van der Waals surface area contributed by atoms with Crippen molar-refractivity contribution < 1.29 is 13.2 Å². The summed E-state index contributed by atoms with van der Waals surface area (Å²) in [6, 6.07) is 18.5. The zero-order valence-electron chi connectivity index (χ0n) is 14.5. The predicted molar refractivity (Wildman–Crippen MR) is 101 cm³/mol. The van der Waals surface area contributed by atoms with Crippen LogP contribution in [0.25, 0.3) is 0 Å². The van der Waals surface area contributed by atoms with Crippen molar-refractivity contribution in [3.05, 3.63) is 66.2 Å². The van der Waals surface area contributed by atoms with Gasteiger partial charge < -0.3 is 5.32 Å². The van der Waals surface area contributed by atoms with Crippen LogP contribution in [0.2, 0.25) is 0 Å². The molecule has 0 aliphatic carbocycles. The topological polar surface area (TPSA) is 75.3 Å². The van der Waals surface area contributed by atoms with Crippen LogP contribution in [0.3, 0.4) is 0 Å². The number of benzene rings is 2. The molecule has 5 nitrogen and oxygen atoms in total.